The summed E-state index contributed by atoms with van der Waals surface area (Å²) >= 11 is 0. The van der Waals surface area contributed by atoms with Crippen LogP contribution in [0, 0.1) is 25.7 Å². The van der Waals surface area contributed by atoms with Gasteiger partial charge in [-0.15, -0.1) is 13.2 Å². The number of aliphatic hydroxyl groups is 1. The van der Waals surface area contributed by atoms with Crippen molar-refractivity contribution in [1.29, 1.82) is 0 Å². The van der Waals surface area contributed by atoms with Gasteiger partial charge in [-0.2, -0.15) is 0 Å². The number of amides is 3. The number of benzene rings is 2. The molecule has 45 heavy (non-hydrogen) atoms. The number of rotatable bonds is 13. The summed E-state index contributed by atoms with van der Waals surface area (Å²) in [4.78, 5) is 49.6. The van der Waals surface area contributed by atoms with Gasteiger partial charge in [0.05, 0.1) is 30.1 Å². The molecule has 0 aromatic heterocycles. The average molecular weight is 614 g/mol. The van der Waals surface area contributed by atoms with E-state index < -0.39 is 35.1 Å². The Kier molecular flexibility index (Phi) is 9.38. The van der Waals surface area contributed by atoms with E-state index in [4.69, 9.17) is 4.74 Å². The van der Waals surface area contributed by atoms with Gasteiger partial charge in [-0.1, -0.05) is 68.5 Å². The Labute approximate surface area is 267 Å². The number of anilines is 1. The van der Waals surface area contributed by atoms with Crippen LogP contribution in [-0.2, 0) is 19.1 Å². The molecule has 3 fully saturated rings. The molecule has 3 amide bonds. The molecule has 6 atom stereocenters. The monoisotopic (exact) mass is 613 g/mol. The zero-order chi connectivity index (χ0) is 32.5. The molecule has 1 N–H and O–H groups in total. The van der Waals surface area contributed by atoms with E-state index in [0.29, 0.717) is 37.9 Å². The summed E-state index contributed by atoms with van der Waals surface area (Å²) in [6.07, 6.45) is 5.72. The summed E-state index contributed by atoms with van der Waals surface area (Å²) < 4.78 is 7.05. The molecule has 3 aliphatic rings. The lowest BCUT2D eigenvalue weighted by molar-refractivity contribution is -0.153. The van der Waals surface area contributed by atoms with E-state index in [9.17, 15) is 14.7 Å². The summed E-state index contributed by atoms with van der Waals surface area (Å²) in [5.41, 5.74) is 1.27. The first-order valence-corrected chi connectivity index (χ1v) is 16.2. The number of likely N-dealkylation sites (tertiary alicyclic amines) is 1. The number of hydrogen-bond acceptors (Lipinski definition) is 5. The standard InChI is InChI=1S/C37H47N3O5/c1-7-20-38(21-8-2)33(42)30-31-34(43)40(29(24-41)27-14-12-11-13-15-27)32(37(31)19-18-36(30,10-4)45-37)35(44)39(22-9-3)28-23-25(5)16-17-26(28)6/h7,9,11-17,23,29-32,41H,1,3,8,10,18-22,24H2,2,4-6H3/t29-,30+,31+,32?,36-,37?/m1/s1. The third-order valence-electron chi connectivity index (χ3n) is 10.2. The van der Waals surface area contributed by atoms with Crippen LogP contribution in [0.3, 0.4) is 0 Å². The Balaban J connectivity index is 1.70. The van der Waals surface area contributed by atoms with Crippen molar-refractivity contribution in [2.45, 2.75) is 76.7 Å². The van der Waals surface area contributed by atoms with Crippen LogP contribution in [0.2, 0.25) is 0 Å². The topological polar surface area (TPSA) is 90.4 Å². The molecule has 0 aliphatic carbocycles. The lowest BCUT2D eigenvalue weighted by atomic mass is 9.64. The van der Waals surface area contributed by atoms with Gasteiger partial charge >= 0.3 is 0 Å². The molecule has 2 unspecified atom stereocenters. The van der Waals surface area contributed by atoms with E-state index in [-0.39, 0.29) is 30.9 Å². The fourth-order valence-electron chi connectivity index (χ4n) is 8.18. The maximum absolute atomic E-state index is 15.2. The van der Waals surface area contributed by atoms with Gasteiger partial charge in [0.25, 0.3) is 5.91 Å². The van der Waals surface area contributed by atoms with Crippen molar-refractivity contribution < 1.29 is 24.2 Å². The Morgan fingerprint density at radius 3 is 2.40 bits per heavy atom. The van der Waals surface area contributed by atoms with Gasteiger partial charge in [0.2, 0.25) is 11.8 Å². The molecule has 8 nitrogen and oxygen atoms in total. The Bertz CT molecular complexity index is 1460. The lowest BCUT2D eigenvalue weighted by Crippen LogP contribution is -2.57. The van der Waals surface area contributed by atoms with Crippen molar-refractivity contribution in [3.63, 3.8) is 0 Å². The van der Waals surface area contributed by atoms with E-state index in [1.807, 2.05) is 76.2 Å². The number of aryl methyl sites for hydroxylation is 2. The van der Waals surface area contributed by atoms with Crippen molar-refractivity contribution in [2.24, 2.45) is 11.8 Å². The summed E-state index contributed by atoms with van der Waals surface area (Å²) in [6.45, 7) is 16.5. The highest BCUT2D eigenvalue weighted by Gasteiger charge is 2.79. The molecule has 3 saturated heterocycles. The summed E-state index contributed by atoms with van der Waals surface area (Å²) in [5, 5.41) is 10.9. The smallest absolute Gasteiger partial charge is 0.253 e. The van der Waals surface area contributed by atoms with Gasteiger partial charge in [0.1, 0.15) is 11.6 Å². The van der Waals surface area contributed by atoms with E-state index in [1.54, 1.807) is 26.9 Å². The molecular weight excluding hydrogens is 566 g/mol. The Hall–Kier alpha value is -3.75. The largest absolute Gasteiger partial charge is 0.394 e. The number of ether oxygens (including phenoxy) is 1. The SMILES string of the molecule is C=CCN(CCC)C(=O)[C@@H]1[C@H]2C(=O)N([C@H](CO)c3ccccc3)C(C(=O)N(CC=C)c3cc(C)ccc3C)C23CC[C@@]1(CC)O3. The molecule has 240 valence electrons. The van der Waals surface area contributed by atoms with Crippen molar-refractivity contribution in [3.8, 4) is 0 Å². The molecule has 2 aromatic carbocycles. The molecule has 8 heteroatoms. The van der Waals surface area contributed by atoms with Crippen molar-refractivity contribution >= 4 is 23.4 Å². The van der Waals surface area contributed by atoms with Crippen LogP contribution >= 0.6 is 0 Å². The predicted molar refractivity (Wildman–Crippen MR) is 175 cm³/mol. The molecule has 5 rings (SSSR count). The van der Waals surface area contributed by atoms with Gasteiger partial charge in [-0.05, 0) is 62.3 Å². The van der Waals surface area contributed by atoms with E-state index in [1.165, 1.54) is 0 Å². The van der Waals surface area contributed by atoms with Gasteiger partial charge in [-0.3, -0.25) is 14.4 Å². The lowest BCUT2D eigenvalue weighted by Gasteiger charge is -2.40. The van der Waals surface area contributed by atoms with E-state index in [0.717, 1.165) is 23.2 Å². The number of nitrogens with zero attached hydrogens (tertiary/aromatic N) is 3. The molecule has 3 aliphatic heterocycles. The Morgan fingerprint density at radius 2 is 1.78 bits per heavy atom. The number of hydrogen-bond donors (Lipinski definition) is 1. The summed E-state index contributed by atoms with van der Waals surface area (Å²) in [5.74, 6) is -2.37. The normalized spacial score (nSPS) is 27.3. The van der Waals surface area contributed by atoms with Crippen LogP contribution in [0.15, 0.2) is 73.8 Å². The fourth-order valence-corrected chi connectivity index (χ4v) is 8.18. The molecule has 2 bridgehead atoms. The zero-order valence-electron chi connectivity index (χ0n) is 27.1. The molecule has 3 heterocycles. The third-order valence-corrected chi connectivity index (χ3v) is 10.2. The van der Waals surface area contributed by atoms with Crippen LogP contribution in [0.1, 0.15) is 62.3 Å². The van der Waals surface area contributed by atoms with Gasteiger partial charge in [0, 0.05) is 25.3 Å². The highest BCUT2D eigenvalue weighted by atomic mass is 16.5. The minimum Gasteiger partial charge on any atom is -0.394 e. The molecule has 0 radical (unpaired) electrons. The number of carbonyl (C=O) groups excluding carboxylic acids is 3. The fraction of sp³-hybridized carbons (Fsp3) is 0.486. The van der Waals surface area contributed by atoms with Gasteiger partial charge in [0.15, 0.2) is 0 Å². The number of carbonyl (C=O) groups is 3. The van der Waals surface area contributed by atoms with Gasteiger partial charge < -0.3 is 24.5 Å². The first kappa shape index (κ1) is 32.6. The molecular formula is C37H47N3O5. The van der Waals surface area contributed by atoms with Crippen molar-refractivity contribution in [3.05, 3.63) is 90.5 Å². The summed E-state index contributed by atoms with van der Waals surface area (Å²) in [6, 6.07) is 13.4. The molecule has 0 saturated carbocycles. The minimum atomic E-state index is -1.23. The highest BCUT2D eigenvalue weighted by Crippen LogP contribution is 2.65. The van der Waals surface area contributed by atoms with Crippen molar-refractivity contribution in [2.75, 3.05) is 31.1 Å². The first-order chi connectivity index (χ1) is 21.6. The predicted octanol–water partition coefficient (Wildman–Crippen LogP) is 5.14. The maximum atomic E-state index is 15.2. The first-order valence-electron chi connectivity index (χ1n) is 16.2. The second-order valence-electron chi connectivity index (χ2n) is 12.8. The Morgan fingerprint density at radius 1 is 1.07 bits per heavy atom. The second kappa shape index (κ2) is 12.9. The van der Waals surface area contributed by atoms with Crippen LogP contribution in [0.25, 0.3) is 0 Å². The van der Waals surface area contributed by atoms with Crippen LogP contribution in [0.5, 0.6) is 0 Å². The minimum absolute atomic E-state index is 0.135. The van der Waals surface area contributed by atoms with E-state index in [2.05, 4.69) is 13.2 Å². The van der Waals surface area contributed by atoms with Crippen LogP contribution in [0.4, 0.5) is 5.69 Å². The highest BCUT2D eigenvalue weighted by molar-refractivity contribution is 6.05. The summed E-state index contributed by atoms with van der Waals surface area (Å²) in [7, 11) is 0. The average Bonchev–Trinajstić information content (AvgIpc) is 3.65. The maximum Gasteiger partial charge on any atom is 0.253 e. The number of aliphatic hydroxyl groups excluding tert-OH is 1. The third kappa shape index (κ3) is 5.22. The number of fused-ring (bicyclic) bond motifs is 1. The van der Waals surface area contributed by atoms with Crippen LogP contribution < -0.4 is 4.90 Å². The van der Waals surface area contributed by atoms with E-state index >= 15 is 4.79 Å². The quantitative estimate of drug-likeness (QED) is 0.316. The zero-order valence-corrected chi connectivity index (χ0v) is 27.1. The van der Waals surface area contributed by atoms with Crippen molar-refractivity contribution in [1.82, 2.24) is 9.80 Å². The second-order valence-corrected chi connectivity index (χ2v) is 12.8. The van der Waals surface area contributed by atoms with Crippen LogP contribution in [-0.4, -0.2) is 76.1 Å². The molecule has 2 aromatic rings. The van der Waals surface area contributed by atoms with Gasteiger partial charge in [-0.25, -0.2) is 0 Å². The molecule has 1 spiro atoms.